The molecule has 3 aliphatic heterocycles. The first kappa shape index (κ1) is 21.2. The molecule has 0 bridgehead atoms. The number of aromatic nitrogens is 4. The molecule has 0 radical (unpaired) electrons. The molecule has 0 spiro atoms. The molecule has 2 aromatic heterocycles. The predicted octanol–water partition coefficient (Wildman–Crippen LogP) is 2.74. The Balaban J connectivity index is 1.44. The van der Waals surface area contributed by atoms with Crippen LogP contribution in [0.4, 0.5) is 17.2 Å². The van der Waals surface area contributed by atoms with Crippen molar-refractivity contribution >= 4 is 23.1 Å². The minimum Gasteiger partial charge on any atom is -0.379 e. The van der Waals surface area contributed by atoms with Gasteiger partial charge in [0.15, 0.2) is 5.82 Å². The number of fused-ring (bicyclic) bond motifs is 2. The zero-order valence-electron chi connectivity index (χ0n) is 20.1. The Labute approximate surface area is 199 Å². The SMILES string of the molecule is CC(=O)N1CCc2c(c(N3CCN(C)c4cc(-c5cnn(C)c5)ccc43)nn2C2CCOC2)C1. The van der Waals surface area contributed by atoms with Crippen LogP contribution in [0, 0.1) is 0 Å². The van der Waals surface area contributed by atoms with Gasteiger partial charge in [0.1, 0.15) is 0 Å². The third kappa shape index (κ3) is 3.46. The predicted molar refractivity (Wildman–Crippen MR) is 130 cm³/mol. The van der Waals surface area contributed by atoms with Crippen molar-refractivity contribution in [1.82, 2.24) is 24.5 Å². The molecule has 3 aliphatic rings. The molecular weight excluding hydrogens is 430 g/mol. The van der Waals surface area contributed by atoms with E-state index in [0.29, 0.717) is 13.2 Å². The second kappa shape index (κ2) is 8.16. The maximum atomic E-state index is 12.2. The molecule has 5 heterocycles. The van der Waals surface area contributed by atoms with Gasteiger partial charge in [-0.15, -0.1) is 0 Å². The van der Waals surface area contributed by atoms with E-state index in [-0.39, 0.29) is 11.9 Å². The van der Waals surface area contributed by atoms with E-state index in [1.807, 2.05) is 29.0 Å². The van der Waals surface area contributed by atoms with Crippen LogP contribution in [0.2, 0.25) is 0 Å². The maximum absolute atomic E-state index is 12.2. The van der Waals surface area contributed by atoms with Gasteiger partial charge in [0.25, 0.3) is 0 Å². The van der Waals surface area contributed by atoms with Crippen LogP contribution in [0.3, 0.4) is 0 Å². The number of hydrogen-bond acceptors (Lipinski definition) is 6. The molecule has 6 rings (SSSR count). The Morgan fingerprint density at radius 3 is 2.74 bits per heavy atom. The van der Waals surface area contributed by atoms with Crippen LogP contribution in [0.15, 0.2) is 30.6 Å². The molecule has 1 fully saturated rings. The van der Waals surface area contributed by atoms with Gasteiger partial charge < -0.3 is 19.4 Å². The van der Waals surface area contributed by atoms with Gasteiger partial charge >= 0.3 is 0 Å². The lowest BCUT2D eigenvalue weighted by atomic mass is 10.0. The Morgan fingerprint density at radius 2 is 2.00 bits per heavy atom. The fraction of sp³-hybridized carbons (Fsp3) is 0.480. The number of anilines is 3. The lowest BCUT2D eigenvalue weighted by molar-refractivity contribution is -0.129. The van der Waals surface area contributed by atoms with Crippen LogP contribution in [-0.2, 0) is 29.5 Å². The summed E-state index contributed by atoms with van der Waals surface area (Å²) in [6.07, 6.45) is 5.76. The molecule has 0 saturated carbocycles. The van der Waals surface area contributed by atoms with Crippen molar-refractivity contribution in [2.75, 3.05) is 49.7 Å². The smallest absolute Gasteiger partial charge is 0.219 e. The van der Waals surface area contributed by atoms with Gasteiger partial charge in [0, 0.05) is 76.7 Å². The minimum absolute atomic E-state index is 0.119. The van der Waals surface area contributed by atoms with Gasteiger partial charge in [-0.2, -0.15) is 10.2 Å². The van der Waals surface area contributed by atoms with Crippen molar-refractivity contribution in [3.05, 3.63) is 41.9 Å². The van der Waals surface area contributed by atoms with E-state index in [0.717, 1.165) is 61.7 Å². The number of benzene rings is 1. The van der Waals surface area contributed by atoms with Crippen LogP contribution in [0.1, 0.15) is 30.6 Å². The molecule has 1 aromatic carbocycles. The number of carbonyl (C=O) groups is 1. The number of likely N-dealkylation sites (N-methyl/N-ethyl adjacent to an activating group) is 1. The van der Waals surface area contributed by atoms with Crippen molar-refractivity contribution in [3.8, 4) is 11.1 Å². The van der Waals surface area contributed by atoms with Gasteiger partial charge in [-0.05, 0) is 24.1 Å². The highest BCUT2D eigenvalue weighted by Gasteiger charge is 2.34. The van der Waals surface area contributed by atoms with Crippen LogP contribution in [0.5, 0.6) is 0 Å². The molecule has 9 heteroatoms. The monoisotopic (exact) mass is 461 g/mol. The summed E-state index contributed by atoms with van der Waals surface area (Å²) in [5.41, 5.74) is 7.03. The summed E-state index contributed by atoms with van der Waals surface area (Å²) in [5.74, 6) is 1.10. The average Bonchev–Trinajstić information content (AvgIpc) is 3.59. The van der Waals surface area contributed by atoms with Gasteiger partial charge in [-0.1, -0.05) is 6.07 Å². The van der Waals surface area contributed by atoms with Crippen molar-refractivity contribution in [3.63, 3.8) is 0 Å². The minimum atomic E-state index is 0.119. The summed E-state index contributed by atoms with van der Waals surface area (Å²) >= 11 is 0. The van der Waals surface area contributed by atoms with Crippen LogP contribution < -0.4 is 9.80 Å². The molecule has 1 atom stereocenters. The zero-order valence-corrected chi connectivity index (χ0v) is 20.1. The first-order chi connectivity index (χ1) is 16.5. The molecule has 1 amide bonds. The number of amides is 1. The summed E-state index contributed by atoms with van der Waals surface area (Å²) in [6.45, 7) is 6.25. The van der Waals surface area contributed by atoms with Gasteiger partial charge in [0.2, 0.25) is 5.91 Å². The van der Waals surface area contributed by atoms with E-state index in [9.17, 15) is 4.79 Å². The molecule has 178 valence electrons. The highest BCUT2D eigenvalue weighted by atomic mass is 16.5. The molecule has 0 N–H and O–H groups in total. The van der Waals surface area contributed by atoms with Crippen molar-refractivity contribution in [1.29, 1.82) is 0 Å². The van der Waals surface area contributed by atoms with E-state index in [2.05, 4.69) is 44.8 Å². The Kier molecular flexibility index (Phi) is 5.09. The summed E-state index contributed by atoms with van der Waals surface area (Å²) in [4.78, 5) is 18.8. The highest BCUT2D eigenvalue weighted by molar-refractivity contribution is 5.84. The fourth-order valence-corrected chi connectivity index (χ4v) is 5.45. The number of aryl methyl sites for hydroxylation is 1. The summed E-state index contributed by atoms with van der Waals surface area (Å²) in [6, 6.07) is 6.88. The van der Waals surface area contributed by atoms with Gasteiger partial charge in [0.05, 0.1) is 36.8 Å². The third-order valence-corrected chi connectivity index (χ3v) is 7.39. The Bertz CT molecular complexity index is 1240. The number of nitrogens with zero attached hydrogens (tertiary/aromatic N) is 7. The molecule has 1 saturated heterocycles. The summed E-state index contributed by atoms with van der Waals surface area (Å²) in [5, 5.41) is 9.53. The van der Waals surface area contributed by atoms with Crippen molar-refractivity contribution in [2.24, 2.45) is 7.05 Å². The van der Waals surface area contributed by atoms with Gasteiger partial charge in [-0.3, -0.25) is 14.2 Å². The number of hydrogen-bond donors (Lipinski definition) is 0. The Hall–Kier alpha value is -3.33. The van der Waals surface area contributed by atoms with E-state index >= 15 is 0 Å². The lowest BCUT2D eigenvalue weighted by Gasteiger charge is -2.37. The zero-order chi connectivity index (χ0) is 23.4. The highest BCUT2D eigenvalue weighted by Crippen LogP contribution is 2.42. The Morgan fingerprint density at radius 1 is 1.12 bits per heavy atom. The molecule has 9 nitrogen and oxygen atoms in total. The van der Waals surface area contributed by atoms with Gasteiger partial charge in [-0.25, -0.2) is 0 Å². The van der Waals surface area contributed by atoms with Crippen LogP contribution in [-0.4, -0.2) is 70.3 Å². The largest absolute Gasteiger partial charge is 0.379 e. The van der Waals surface area contributed by atoms with E-state index in [1.165, 1.54) is 16.9 Å². The first-order valence-electron chi connectivity index (χ1n) is 12.0. The molecular formula is C25H31N7O2. The molecule has 0 aliphatic carbocycles. The van der Waals surface area contributed by atoms with Crippen molar-refractivity contribution in [2.45, 2.75) is 32.4 Å². The first-order valence-corrected chi connectivity index (χ1v) is 12.0. The lowest BCUT2D eigenvalue weighted by Crippen LogP contribution is -2.38. The van der Waals surface area contributed by atoms with Crippen LogP contribution >= 0.6 is 0 Å². The van der Waals surface area contributed by atoms with Crippen molar-refractivity contribution < 1.29 is 9.53 Å². The standard InChI is InChI=1S/C25H31N7O2/c1-17(33)30-8-6-22-21(15-30)25(27-32(22)20-7-11-34-16-20)31-10-9-28(2)24-12-18(4-5-23(24)31)19-13-26-29(3)14-19/h4-5,12-14,20H,6-11,15-16H2,1-3H3. The molecule has 3 aromatic rings. The quantitative estimate of drug-likeness (QED) is 0.597. The second-order valence-electron chi connectivity index (χ2n) is 9.58. The van der Waals surface area contributed by atoms with E-state index < -0.39 is 0 Å². The topological polar surface area (TPSA) is 71.7 Å². The molecule has 1 unspecified atom stereocenters. The summed E-state index contributed by atoms with van der Waals surface area (Å²) in [7, 11) is 4.08. The number of rotatable bonds is 3. The van der Waals surface area contributed by atoms with Crippen LogP contribution in [0.25, 0.3) is 11.1 Å². The average molecular weight is 462 g/mol. The maximum Gasteiger partial charge on any atom is 0.219 e. The van der Waals surface area contributed by atoms with E-state index in [1.54, 1.807) is 6.92 Å². The second-order valence-corrected chi connectivity index (χ2v) is 9.58. The normalized spacial score (nSPS) is 20.0. The third-order valence-electron chi connectivity index (χ3n) is 7.39. The summed E-state index contributed by atoms with van der Waals surface area (Å²) < 4.78 is 9.73. The number of carbonyl (C=O) groups excluding carboxylic acids is 1. The fourth-order valence-electron chi connectivity index (χ4n) is 5.45. The van der Waals surface area contributed by atoms with E-state index in [4.69, 9.17) is 9.84 Å². The number of ether oxygens (including phenoxy) is 1. The molecule has 34 heavy (non-hydrogen) atoms.